The zero-order valence-corrected chi connectivity index (χ0v) is 9.56. The van der Waals surface area contributed by atoms with Gasteiger partial charge in [-0.2, -0.15) is 5.26 Å². The fraction of sp³-hybridized carbons (Fsp3) is 0. The summed E-state index contributed by atoms with van der Waals surface area (Å²) in [5.74, 6) is -2.64. The molecule has 2 rings (SSSR count). The van der Waals surface area contributed by atoms with Crippen molar-refractivity contribution in [3.8, 4) is 6.07 Å². The topological polar surface area (TPSA) is 54.0 Å². The Morgan fingerprint density at radius 1 is 1.26 bits per heavy atom. The number of nitriles is 1. The molecule has 0 spiro atoms. The molecule has 1 aromatic carbocycles. The molecule has 0 amide bonds. The van der Waals surface area contributed by atoms with Gasteiger partial charge in [0.25, 0.3) is 0 Å². The van der Waals surface area contributed by atoms with Gasteiger partial charge in [-0.1, -0.05) is 6.07 Å². The maximum Gasteiger partial charge on any atom is 0.238 e. The van der Waals surface area contributed by atoms with Gasteiger partial charge >= 0.3 is 0 Å². The number of rotatable bonds is 3. The lowest BCUT2D eigenvalue weighted by atomic mass is 10.1. The van der Waals surface area contributed by atoms with Gasteiger partial charge in [0.2, 0.25) is 5.78 Å². The Bertz CT molecular complexity index is 682. The Kier molecular flexibility index (Phi) is 3.53. The van der Waals surface area contributed by atoms with Crippen molar-refractivity contribution in [2.24, 2.45) is 0 Å². The van der Waals surface area contributed by atoms with Gasteiger partial charge in [0.15, 0.2) is 17.4 Å². The van der Waals surface area contributed by atoms with Crippen LogP contribution in [0.4, 0.5) is 8.78 Å². The Balaban J connectivity index is 2.37. The van der Waals surface area contributed by atoms with E-state index in [1.807, 2.05) is 0 Å². The lowest BCUT2D eigenvalue weighted by molar-refractivity contribution is 0.101. The smallest absolute Gasteiger partial charge is 0.238 e. The molecule has 2 aromatic rings. The van der Waals surface area contributed by atoms with E-state index in [-0.39, 0.29) is 16.9 Å². The second-order valence-electron chi connectivity index (χ2n) is 3.65. The van der Waals surface area contributed by atoms with Gasteiger partial charge < -0.3 is 4.42 Å². The Morgan fingerprint density at radius 2 is 2.05 bits per heavy atom. The van der Waals surface area contributed by atoms with Crippen LogP contribution in [0.3, 0.4) is 0 Å². The fourth-order valence-corrected chi connectivity index (χ4v) is 1.46. The Hall–Kier alpha value is -2.74. The van der Waals surface area contributed by atoms with E-state index < -0.39 is 17.4 Å². The summed E-state index contributed by atoms with van der Waals surface area (Å²) in [5, 5.41) is 8.93. The molecule has 0 aliphatic rings. The van der Waals surface area contributed by atoms with Crippen LogP contribution in [-0.2, 0) is 0 Å². The highest BCUT2D eigenvalue weighted by Gasteiger charge is 2.15. The second-order valence-corrected chi connectivity index (χ2v) is 3.65. The molecule has 19 heavy (non-hydrogen) atoms. The number of hydrogen-bond acceptors (Lipinski definition) is 3. The van der Waals surface area contributed by atoms with E-state index >= 15 is 0 Å². The molecular weight excluding hydrogens is 252 g/mol. The van der Waals surface area contributed by atoms with E-state index in [0.717, 1.165) is 12.1 Å². The van der Waals surface area contributed by atoms with Crippen molar-refractivity contribution < 1.29 is 18.0 Å². The van der Waals surface area contributed by atoms with Gasteiger partial charge in [0.05, 0.1) is 6.26 Å². The molecule has 0 saturated carbocycles. The molecule has 0 saturated heterocycles. The van der Waals surface area contributed by atoms with Crippen LogP contribution in [0, 0.1) is 23.0 Å². The van der Waals surface area contributed by atoms with Gasteiger partial charge in [0, 0.05) is 0 Å². The van der Waals surface area contributed by atoms with Crippen molar-refractivity contribution >= 4 is 11.9 Å². The standard InChI is InChI=1S/C14H7F2NO2/c15-11-4-3-9(7-12(11)16)6-10(8-17)14(18)13-2-1-5-19-13/h1-7H/b10-6+. The predicted molar refractivity (Wildman–Crippen MR) is 63.0 cm³/mol. The van der Waals surface area contributed by atoms with Crippen molar-refractivity contribution in [3.05, 3.63) is 65.1 Å². The number of carbonyl (C=O) groups excluding carboxylic acids is 1. The number of furan rings is 1. The minimum Gasteiger partial charge on any atom is -0.461 e. The first-order chi connectivity index (χ1) is 9.11. The number of hydrogen-bond donors (Lipinski definition) is 0. The van der Waals surface area contributed by atoms with E-state index in [4.69, 9.17) is 9.68 Å². The predicted octanol–water partition coefficient (Wildman–Crippen LogP) is 3.35. The van der Waals surface area contributed by atoms with Gasteiger partial charge in [-0.15, -0.1) is 0 Å². The summed E-state index contributed by atoms with van der Waals surface area (Å²) < 4.78 is 30.7. The van der Waals surface area contributed by atoms with E-state index in [1.54, 1.807) is 6.07 Å². The van der Waals surface area contributed by atoms with Crippen molar-refractivity contribution in [1.29, 1.82) is 5.26 Å². The largest absolute Gasteiger partial charge is 0.461 e. The average molecular weight is 259 g/mol. The third kappa shape index (κ3) is 2.75. The highest BCUT2D eigenvalue weighted by Crippen LogP contribution is 2.15. The van der Waals surface area contributed by atoms with Crippen LogP contribution >= 0.6 is 0 Å². The summed E-state index contributed by atoms with van der Waals surface area (Å²) in [6, 6.07) is 7.74. The highest BCUT2D eigenvalue weighted by atomic mass is 19.2. The molecule has 0 aliphatic heterocycles. The van der Waals surface area contributed by atoms with Crippen LogP contribution in [0.15, 0.2) is 46.6 Å². The summed E-state index contributed by atoms with van der Waals surface area (Å²) in [4.78, 5) is 11.8. The molecule has 0 radical (unpaired) electrons. The lowest BCUT2D eigenvalue weighted by Crippen LogP contribution is -2.00. The average Bonchev–Trinajstić information content (AvgIpc) is 2.93. The van der Waals surface area contributed by atoms with Crippen molar-refractivity contribution in [1.82, 2.24) is 0 Å². The number of Topliss-reactive ketones (excluding diaryl/α,β-unsaturated/α-hetero) is 1. The molecular formula is C14H7F2NO2. The zero-order valence-electron chi connectivity index (χ0n) is 9.56. The maximum atomic E-state index is 13.0. The number of carbonyl (C=O) groups is 1. The number of halogens is 2. The summed E-state index contributed by atoms with van der Waals surface area (Å²) in [5.41, 5.74) is -0.00341. The maximum absolute atomic E-state index is 13.0. The van der Waals surface area contributed by atoms with Gasteiger partial charge in [-0.25, -0.2) is 8.78 Å². The van der Waals surface area contributed by atoms with Crippen LogP contribution in [0.2, 0.25) is 0 Å². The summed E-state index contributed by atoms with van der Waals surface area (Å²) >= 11 is 0. The SMILES string of the molecule is N#C/C(=C\c1ccc(F)c(F)c1)C(=O)c1ccco1. The minimum atomic E-state index is -1.04. The first kappa shape index (κ1) is 12.7. The van der Waals surface area contributed by atoms with Crippen molar-refractivity contribution in [2.45, 2.75) is 0 Å². The number of ketones is 1. The first-order valence-electron chi connectivity index (χ1n) is 5.27. The van der Waals surface area contributed by atoms with E-state index in [9.17, 15) is 13.6 Å². The van der Waals surface area contributed by atoms with Crippen LogP contribution in [-0.4, -0.2) is 5.78 Å². The normalized spacial score (nSPS) is 11.1. The molecule has 0 atom stereocenters. The number of allylic oxidation sites excluding steroid dienone is 1. The summed E-state index contributed by atoms with van der Waals surface area (Å²) in [6.07, 6.45) is 2.48. The number of nitrogens with zero attached hydrogens (tertiary/aromatic N) is 1. The minimum absolute atomic E-state index is 0.00961. The van der Waals surface area contributed by atoms with Crippen molar-refractivity contribution in [2.75, 3.05) is 0 Å². The van der Waals surface area contributed by atoms with Crippen molar-refractivity contribution in [3.63, 3.8) is 0 Å². The molecule has 1 heterocycles. The van der Waals surface area contributed by atoms with Crippen LogP contribution < -0.4 is 0 Å². The third-order valence-electron chi connectivity index (χ3n) is 2.36. The summed E-state index contributed by atoms with van der Waals surface area (Å²) in [6.45, 7) is 0. The van der Waals surface area contributed by atoms with Crippen LogP contribution in [0.1, 0.15) is 16.1 Å². The van der Waals surface area contributed by atoms with Gasteiger partial charge in [-0.05, 0) is 35.9 Å². The highest BCUT2D eigenvalue weighted by molar-refractivity contribution is 6.12. The lowest BCUT2D eigenvalue weighted by Gasteiger charge is -1.98. The molecule has 0 N–H and O–H groups in total. The Labute approximate surface area is 107 Å². The van der Waals surface area contributed by atoms with Gasteiger partial charge in [-0.3, -0.25) is 4.79 Å². The Morgan fingerprint density at radius 3 is 2.63 bits per heavy atom. The quantitative estimate of drug-likeness (QED) is 0.482. The molecule has 0 aliphatic carbocycles. The fourth-order valence-electron chi connectivity index (χ4n) is 1.46. The molecule has 0 unspecified atom stereocenters. The zero-order chi connectivity index (χ0) is 13.8. The third-order valence-corrected chi connectivity index (χ3v) is 2.36. The van der Waals surface area contributed by atoms with Crippen LogP contribution in [0.25, 0.3) is 6.08 Å². The second kappa shape index (κ2) is 5.27. The molecule has 1 aromatic heterocycles. The molecule has 94 valence electrons. The molecule has 0 bridgehead atoms. The molecule has 5 heteroatoms. The van der Waals surface area contributed by atoms with Crippen LogP contribution in [0.5, 0.6) is 0 Å². The molecule has 0 fully saturated rings. The van der Waals surface area contributed by atoms with Gasteiger partial charge in [0.1, 0.15) is 11.6 Å². The number of benzene rings is 1. The van der Waals surface area contributed by atoms with E-state index in [0.29, 0.717) is 0 Å². The van der Waals surface area contributed by atoms with E-state index in [2.05, 4.69) is 0 Å². The van der Waals surface area contributed by atoms with E-state index in [1.165, 1.54) is 30.5 Å². The first-order valence-corrected chi connectivity index (χ1v) is 5.27. The summed E-state index contributed by atoms with van der Waals surface area (Å²) in [7, 11) is 0. The monoisotopic (exact) mass is 259 g/mol. The molecule has 3 nitrogen and oxygen atoms in total.